The van der Waals surface area contributed by atoms with Crippen molar-refractivity contribution in [1.29, 1.82) is 0 Å². The lowest BCUT2D eigenvalue weighted by Crippen LogP contribution is -2.28. The summed E-state index contributed by atoms with van der Waals surface area (Å²) in [6.45, 7) is 0. The van der Waals surface area contributed by atoms with Gasteiger partial charge in [0.05, 0.1) is 11.3 Å². The molecular weight excluding hydrogens is 214 g/mol. The molecule has 0 saturated heterocycles. The number of aromatic nitrogens is 1. The molecule has 0 bridgehead atoms. The zero-order valence-corrected chi connectivity index (χ0v) is 9.95. The Morgan fingerprint density at radius 1 is 1.12 bits per heavy atom. The van der Waals surface area contributed by atoms with Crippen LogP contribution in [0, 0.1) is 0 Å². The Morgan fingerprint density at radius 2 is 1.82 bits per heavy atom. The zero-order chi connectivity index (χ0) is 11.7. The van der Waals surface area contributed by atoms with Gasteiger partial charge in [0, 0.05) is 6.20 Å². The number of fused-ring (bicyclic) bond motifs is 2. The third-order valence-electron chi connectivity index (χ3n) is 3.91. The molecule has 0 amide bonds. The number of pyridine rings is 1. The molecule has 0 unspecified atom stereocenters. The van der Waals surface area contributed by atoms with Crippen molar-refractivity contribution < 1.29 is 9.53 Å². The maximum absolute atomic E-state index is 11.9. The molecule has 1 spiro atoms. The first-order valence-corrected chi connectivity index (χ1v) is 6.51. The van der Waals surface area contributed by atoms with E-state index >= 15 is 0 Å². The number of ether oxygens (including phenoxy) is 1. The summed E-state index contributed by atoms with van der Waals surface area (Å²) in [5.74, 6) is -0.186. The maximum atomic E-state index is 11.9. The fourth-order valence-corrected chi connectivity index (χ4v) is 3.03. The largest absolute Gasteiger partial charge is 0.449 e. The standard InChI is InChI=1S/C14H17NO2/c16-13-11-7-6-10-15-12(11)14(17-13)8-4-2-1-3-5-9-14/h6-7,10H,1-5,8-9H2. The lowest BCUT2D eigenvalue weighted by molar-refractivity contribution is -0.0239. The van der Waals surface area contributed by atoms with Crippen LogP contribution in [0.1, 0.15) is 61.0 Å². The van der Waals surface area contributed by atoms with Gasteiger partial charge in [0.25, 0.3) is 0 Å². The van der Waals surface area contributed by atoms with E-state index in [2.05, 4.69) is 4.98 Å². The van der Waals surface area contributed by atoms with Gasteiger partial charge in [0.15, 0.2) is 5.60 Å². The summed E-state index contributed by atoms with van der Waals surface area (Å²) >= 11 is 0. The van der Waals surface area contributed by atoms with E-state index in [0.29, 0.717) is 5.56 Å². The Kier molecular flexibility index (Phi) is 2.61. The summed E-state index contributed by atoms with van der Waals surface area (Å²) in [4.78, 5) is 16.3. The van der Waals surface area contributed by atoms with Gasteiger partial charge in [-0.15, -0.1) is 0 Å². The summed E-state index contributed by atoms with van der Waals surface area (Å²) in [5.41, 5.74) is 1.15. The van der Waals surface area contributed by atoms with E-state index < -0.39 is 5.60 Å². The van der Waals surface area contributed by atoms with Crippen molar-refractivity contribution in [2.24, 2.45) is 0 Å². The topological polar surface area (TPSA) is 39.2 Å². The van der Waals surface area contributed by atoms with Gasteiger partial charge in [0.1, 0.15) is 0 Å². The summed E-state index contributed by atoms with van der Waals surface area (Å²) < 4.78 is 5.69. The molecule has 1 fully saturated rings. The summed E-state index contributed by atoms with van der Waals surface area (Å²) in [5, 5.41) is 0. The van der Waals surface area contributed by atoms with Crippen molar-refractivity contribution in [1.82, 2.24) is 4.98 Å². The number of hydrogen-bond donors (Lipinski definition) is 0. The molecule has 3 heteroatoms. The number of carbonyl (C=O) groups excluding carboxylic acids is 1. The monoisotopic (exact) mass is 231 g/mol. The van der Waals surface area contributed by atoms with Gasteiger partial charge in [-0.1, -0.05) is 19.3 Å². The van der Waals surface area contributed by atoms with Crippen molar-refractivity contribution in [2.75, 3.05) is 0 Å². The van der Waals surface area contributed by atoms with Crippen LogP contribution in [0.25, 0.3) is 0 Å². The predicted molar refractivity (Wildman–Crippen MR) is 63.6 cm³/mol. The van der Waals surface area contributed by atoms with Gasteiger partial charge < -0.3 is 4.74 Å². The van der Waals surface area contributed by atoms with E-state index in [4.69, 9.17) is 4.74 Å². The fourth-order valence-electron chi connectivity index (χ4n) is 3.03. The van der Waals surface area contributed by atoms with Gasteiger partial charge in [-0.25, -0.2) is 4.79 Å². The highest BCUT2D eigenvalue weighted by Gasteiger charge is 2.46. The van der Waals surface area contributed by atoms with Crippen LogP contribution in [-0.4, -0.2) is 11.0 Å². The molecule has 1 saturated carbocycles. The number of esters is 1. The van der Waals surface area contributed by atoms with Crippen LogP contribution >= 0.6 is 0 Å². The van der Waals surface area contributed by atoms with E-state index in [1.165, 1.54) is 19.3 Å². The van der Waals surface area contributed by atoms with E-state index in [9.17, 15) is 4.79 Å². The fraction of sp³-hybridized carbons (Fsp3) is 0.571. The van der Waals surface area contributed by atoms with Gasteiger partial charge >= 0.3 is 5.97 Å². The summed E-state index contributed by atoms with van der Waals surface area (Å²) in [7, 11) is 0. The minimum atomic E-state index is -0.409. The molecule has 17 heavy (non-hydrogen) atoms. The normalized spacial score (nSPS) is 22.7. The Morgan fingerprint density at radius 3 is 2.59 bits per heavy atom. The molecule has 3 nitrogen and oxygen atoms in total. The molecule has 1 aromatic rings. The van der Waals surface area contributed by atoms with E-state index in [1.54, 1.807) is 6.20 Å². The van der Waals surface area contributed by atoms with Gasteiger partial charge in [-0.05, 0) is 37.8 Å². The van der Waals surface area contributed by atoms with Crippen molar-refractivity contribution >= 4 is 5.97 Å². The van der Waals surface area contributed by atoms with E-state index in [0.717, 1.165) is 31.4 Å². The van der Waals surface area contributed by atoms with Gasteiger partial charge in [0.2, 0.25) is 0 Å². The minimum Gasteiger partial charge on any atom is -0.449 e. The second-order valence-corrected chi connectivity index (χ2v) is 5.05. The van der Waals surface area contributed by atoms with Crippen molar-refractivity contribution in [2.45, 2.75) is 50.5 Å². The van der Waals surface area contributed by atoms with E-state index in [1.807, 2.05) is 12.1 Å². The second-order valence-electron chi connectivity index (χ2n) is 5.05. The van der Waals surface area contributed by atoms with Crippen molar-refractivity contribution in [3.63, 3.8) is 0 Å². The van der Waals surface area contributed by atoms with Crippen LogP contribution in [0.4, 0.5) is 0 Å². The van der Waals surface area contributed by atoms with Crippen molar-refractivity contribution in [3.05, 3.63) is 29.6 Å². The SMILES string of the molecule is O=C1OC2(CCCCCCC2)c2ncccc21. The van der Waals surface area contributed by atoms with Gasteiger partial charge in [-0.2, -0.15) is 0 Å². The zero-order valence-electron chi connectivity index (χ0n) is 9.95. The third kappa shape index (κ3) is 1.74. The molecule has 1 aliphatic heterocycles. The second kappa shape index (κ2) is 4.13. The molecule has 3 rings (SSSR count). The molecule has 1 aliphatic carbocycles. The quantitative estimate of drug-likeness (QED) is 0.644. The van der Waals surface area contributed by atoms with E-state index in [-0.39, 0.29) is 5.97 Å². The van der Waals surface area contributed by atoms with Crippen LogP contribution in [0.2, 0.25) is 0 Å². The number of nitrogens with zero attached hydrogens (tertiary/aromatic N) is 1. The number of carbonyl (C=O) groups is 1. The lowest BCUT2D eigenvalue weighted by atomic mass is 9.84. The Labute approximate surface area is 101 Å². The number of hydrogen-bond acceptors (Lipinski definition) is 3. The molecule has 2 aliphatic rings. The third-order valence-corrected chi connectivity index (χ3v) is 3.91. The molecule has 0 aromatic carbocycles. The summed E-state index contributed by atoms with van der Waals surface area (Å²) in [6.07, 6.45) is 9.67. The molecule has 0 atom stereocenters. The molecular formula is C14H17NO2. The van der Waals surface area contributed by atoms with Crippen molar-refractivity contribution in [3.8, 4) is 0 Å². The molecule has 0 radical (unpaired) electrons. The number of rotatable bonds is 0. The highest BCUT2D eigenvalue weighted by Crippen LogP contribution is 2.43. The van der Waals surface area contributed by atoms with Crippen LogP contribution in [0.3, 0.4) is 0 Å². The average molecular weight is 231 g/mol. The lowest BCUT2D eigenvalue weighted by Gasteiger charge is -2.29. The van der Waals surface area contributed by atoms with Crippen LogP contribution in [-0.2, 0) is 10.3 Å². The molecule has 1 aromatic heterocycles. The average Bonchev–Trinajstić information content (AvgIpc) is 2.60. The molecule has 0 N–H and O–H groups in total. The van der Waals surface area contributed by atoms with Crippen LogP contribution in [0.15, 0.2) is 18.3 Å². The molecule has 90 valence electrons. The Hall–Kier alpha value is -1.38. The summed E-state index contributed by atoms with van der Waals surface area (Å²) in [6, 6.07) is 3.64. The van der Waals surface area contributed by atoms with Gasteiger partial charge in [-0.3, -0.25) is 4.98 Å². The first kappa shape index (κ1) is 10.8. The van der Waals surface area contributed by atoms with Crippen LogP contribution < -0.4 is 0 Å². The Balaban J connectivity index is 1.99. The highest BCUT2D eigenvalue weighted by atomic mass is 16.6. The first-order chi connectivity index (χ1) is 8.32. The Bertz CT molecular complexity index is 434. The maximum Gasteiger partial charge on any atom is 0.341 e. The minimum absolute atomic E-state index is 0.186. The predicted octanol–water partition coefficient (Wildman–Crippen LogP) is 3.19. The van der Waals surface area contributed by atoms with Crippen LogP contribution in [0.5, 0.6) is 0 Å². The highest BCUT2D eigenvalue weighted by molar-refractivity contribution is 5.94. The molecule has 2 heterocycles. The smallest absolute Gasteiger partial charge is 0.341 e. The first-order valence-electron chi connectivity index (χ1n) is 6.51.